The summed E-state index contributed by atoms with van der Waals surface area (Å²) < 4.78 is 46.7. The second kappa shape index (κ2) is 11.1. The third-order valence-electron chi connectivity index (χ3n) is 6.88. The molecule has 0 aliphatic carbocycles. The van der Waals surface area contributed by atoms with Gasteiger partial charge in [0.15, 0.2) is 12.0 Å². The lowest BCUT2D eigenvalue weighted by atomic mass is 9.90. The highest BCUT2D eigenvalue weighted by atomic mass is 19.1. The van der Waals surface area contributed by atoms with E-state index in [2.05, 4.69) is 6.92 Å². The van der Waals surface area contributed by atoms with Gasteiger partial charge < -0.3 is 14.2 Å². The molecule has 3 nitrogen and oxygen atoms in total. The molecule has 2 heterocycles. The van der Waals surface area contributed by atoms with Gasteiger partial charge in [-0.2, -0.15) is 0 Å². The summed E-state index contributed by atoms with van der Waals surface area (Å²) in [5, 5.41) is 0. The van der Waals surface area contributed by atoms with E-state index in [1.165, 1.54) is 31.7 Å². The van der Waals surface area contributed by atoms with Gasteiger partial charge in [0.05, 0.1) is 25.9 Å². The average molecular weight is 459 g/mol. The SMILES string of the molecule is CCCCC1CCC(c2ccc(-c3ccc(C4OCC(F)(CCC)CO4)cc3F)cc2)OC1. The van der Waals surface area contributed by atoms with Crippen LogP contribution >= 0.6 is 0 Å². The fourth-order valence-corrected chi connectivity index (χ4v) is 4.90. The second-order valence-corrected chi connectivity index (χ2v) is 9.62. The first-order valence-electron chi connectivity index (χ1n) is 12.4. The van der Waals surface area contributed by atoms with Gasteiger partial charge in [0.1, 0.15) is 5.82 Å². The summed E-state index contributed by atoms with van der Waals surface area (Å²) in [6.07, 6.45) is 6.51. The Kier molecular flexibility index (Phi) is 8.15. The molecular formula is C28H36F2O3. The summed E-state index contributed by atoms with van der Waals surface area (Å²) in [5.74, 6) is 0.337. The Balaban J connectivity index is 1.37. The molecule has 0 bridgehead atoms. The largest absolute Gasteiger partial charge is 0.373 e. The second-order valence-electron chi connectivity index (χ2n) is 9.62. The third-order valence-corrected chi connectivity index (χ3v) is 6.88. The molecule has 2 fully saturated rings. The molecule has 0 radical (unpaired) electrons. The number of hydrogen-bond acceptors (Lipinski definition) is 3. The van der Waals surface area contributed by atoms with E-state index in [9.17, 15) is 8.78 Å². The molecule has 0 N–H and O–H groups in total. The van der Waals surface area contributed by atoms with Crippen molar-refractivity contribution in [3.05, 3.63) is 59.4 Å². The van der Waals surface area contributed by atoms with Crippen molar-refractivity contribution >= 4 is 0 Å². The number of benzene rings is 2. The molecule has 2 aliphatic heterocycles. The van der Waals surface area contributed by atoms with Gasteiger partial charge in [-0.25, -0.2) is 8.78 Å². The Hall–Kier alpha value is -1.82. The fraction of sp³-hybridized carbons (Fsp3) is 0.571. The molecule has 2 aliphatic rings. The highest BCUT2D eigenvalue weighted by Gasteiger charge is 2.37. The number of unbranched alkanes of at least 4 members (excludes halogenated alkanes) is 1. The topological polar surface area (TPSA) is 27.7 Å². The summed E-state index contributed by atoms with van der Waals surface area (Å²) in [6.45, 7) is 4.93. The molecular weight excluding hydrogens is 422 g/mol. The molecule has 2 aromatic rings. The number of ether oxygens (including phenoxy) is 3. The molecule has 2 saturated heterocycles. The highest BCUT2D eigenvalue weighted by molar-refractivity contribution is 5.65. The number of hydrogen-bond donors (Lipinski definition) is 0. The molecule has 4 rings (SSSR count). The summed E-state index contributed by atoms with van der Waals surface area (Å²) in [6, 6.07) is 13.0. The van der Waals surface area contributed by atoms with Gasteiger partial charge in [-0.3, -0.25) is 0 Å². The fourth-order valence-electron chi connectivity index (χ4n) is 4.90. The van der Waals surface area contributed by atoms with Gasteiger partial charge in [-0.15, -0.1) is 0 Å². The van der Waals surface area contributed by atoms with E-state index in [-0.39, 0.29) is 25.1 Å². The Morgan fingerprint density at radius 2 is 1.64 bits per heavy atom. The zero-order chi connectivity index (χ0) is 23.3. The van der Waals surface area contributed by atoms with Crippen molar-refractivity contribution in [2.75, 3.05) is 19.8 Å². The Morgan fingerprint density at radius 3 is 2.24 bits per heavy atom. The minimum absolute atomic E-state index is 0.0288. The van der Waals surface area contributed by atoms with Crippen LogP contribution in [0.5, 0.6) is 0 Å². The summed E-state index contributed by atoms with van der Waals surface area (Å²) in [5.41, 5.74) is 1.60. The third kappa shape index (κ3) is 6.00. The molecule has 2 unspecified atom stereocenters. The van der Waals surface area contributed by atoms with Crippen LogP contribution in [-0.2, 0) is 14.2 Å². The predicted molar refractivity (Wildman–Crippen MR) is 126 cm³/mol. The van der Waals surface area contributed by atoms with Crippen LogP contribution in [0.1, 0.15) is 82.3 Å². The molecule has 2 aromatic carbocycles. The van der Waals surface area contributed by atoms with Crippen molar-refractivity contribution in [2.45, 2.75) is 76.9 Å². The van der Waals surface area contributed by atoms with Crippen LogP contribution < -0.4 is 0 Å². The first kappa shape index (κ1) is 24.3. The molecule has 33 heavy (non-hydrogen) atoms. The first-order valence-corrected chi connectivity index (χ1v) is 12.4. The van der Waals surface area contributed by atoms with Crippen molar-refractivity contribution in [2.24, 2.45) is 5.92 Å². The lowest BCUT2D eigenvalue weighted by Gasteiger charge is -2.34. The predicted octanol–water partition coefficient (Wildman–Crippen LogP) is 7.70. The molecule has 0 spiro atoms. The van der Waals surface area contributed by atoms with Crippen LogP contribution in [0.3, 0.4) is 0 Å². The molecule has 180 valence electrons. The van der Waals surface area contributed by atoms with E-state index in [0.717, 1.165) is 30.6 Å². The van der Waals surface area contributed by atoms with Gasteiger partial charge in [-0.05, 0) is 48.8 Å². The van der Waals surface area contributed by atoms with Gasteiger partial charge >= 0.3 is 0 Å². The van der Waals surface area contributed by atoms with Gasteiger partial charge in [0.2, 0.25) is 0 Å². The molecule has 5 heteroatoms. The Morgan fingerprint density at radius 1 is 0.909 bits per heavy atom. The Bertz CT molecular complexity index is 883. The van der Waals surface area contributed by atoms with E-state index in [1.54, 1.807) is 12.1 Å². The molecule has 0 aromatic heterocycles. The zero-order valence-electron chi connectivity index (χ0n) is 19.8. The van der Waals surface area contributed by atoms with Crippen LogP contribution in [0.25, 0.3) is 11.1 Å². The van der Waals surface area contributed by atoms with Crippen molar-refractivity contribution < 1.29 is 23.0 Å². The Labute approximate surface area is 196 Å². The summed E-state index contributed by atoms with van der Waals surface area (Å²) in [7, 11) is 0. The summed E-state index contributed by atoms with van der Waals surface area (Å²) in [4.78, 5) is 0. The van der Waals surface area contributed by atoms with Crippen molar-refractivity contribution in [1.82, 2.24) is 0 Å². The van der Waals surface area contributed by atoms with Crippen LogP contribution in [0.4, 0.5) is 8.78 Å². The monoisotopic (exact) mass is 458 g/mol. The van der Waals surface area contributed by atoms with Crippen molar-refractivity contribution in [1.29, 1.82) is 0 Å². The number of rotatable bonds is 8. The van der Waals surface area contributed by atoms with E-state index in [4.69, 9.17) is 14.2 Å². The van der Waals surface area contributed by atoms with Crippen LogP contribution in [0.15, 0.2) is 42.5 Å². The van der Waals surface area contributed by atoms with Crippen LogP contribution in [0, 0.1) is 11.7 Å². The van der Waals surface area contributed by atoms with Crippen molar-refractivity contribution in [3.63, 3.8) is 0 Å². The first-order chi connectivity index (χ1) is 16.0. The van der Waals surface area contributed by atoms with Crippen molar-refractivity contribution in [3.8, 4) is 11.1 Å². The number of halogens is 2. The maximum Gasteiger partial charge on any atom is 0.184 e. The average Bonchev–Trinajstić information content (AvgIpc) is 2.84. The van der Waals surface area contributed by atoms with E-state index >= 15 is 0 Å². The maximum atomic E-state index is 15.0. The maximum absolute atomic E-state index is 15.0. The quantitative estimate of drug-likeness (QED) is 0.405. The normalized spacial score (nSPS) is 28.1. The number of alkyl halides is 1. The summed E-state index contributed by atoms with van der Waals surface area (Å²) >= 11 is 0. The lowest BCUT2D eigenvalue weighted by molar-refractivity contribution is -0.239. The molecule has 2 atom stereocenters. The van der Waals surface area contributed by atoms with E-state index in [0.29, 0.717) is 23.5 Å². The lowest BCUT2D eigenvalue weighted by Crippen LogP contribution is -2.41. The molecule has 0 amide bonds. The molecule has 0 saturated carbocycles. The van der Waals surface area contributed by atoms with Gasteiger partial charge in [-0.1, -0.05) is 69.5 Å². The minimum atomic E-state index is -1.45. The van der Waals surface area contributed by atoms with Crippen LogP contribution in [-0.4, -0.2) is 25.5 Å². The smallest absolute Gasteiger partial charge is 0.184 e. The zero-order valence-corrected chi connectivity index (χ0v) is 19.8. The van der Waals surface area contributed by atoms with Crippen LogP contribution in [0.2, 0.25) is 0 Å². The standard InChI is InChI=1S/C28H36F2O3/c1-3-5-6-20-7-14-26(31-17-20)22-10-8-21(9-11-22)24-13-12-23(16-25(24)29)27-32-18-28(30,15-4-2)19-33-27/h8-13,16,20,26-27H,3-7,14-15,17-19H2,1-2H3. The van der Waals surface area contributed by atoms with Gasteiger partial charge in [0, 0.05) is 11.1 Å². The van der Waals surface area contributed by atoms with E-state index < -0.39 is 12.0 Å². The van der Waals surface area contributed by atoms with Gasteiger partial charge in [0.25, 0.3) is 0 Å². The van der Waals surface area contributed by atoms with E-state index in [1.807, 2.05) is 31.2 Å². The minimum Gasteiger partial charge on any atom is -0.373 e. The highest BCUT2D eigenvalue weighted by Crippen LogP contribution is 2.36.